The van der Waals surface area contributed by atoms with Gasteiger partial charge in [0.05, 0.1) is 0 Å². The third-order valence-electron chi connectivity index (χ3n) is 3.20. The predicted octanol–water partition coefficient (Wildman–Crippen LogP) is 2.19. The van der Waals surface area contributed by atoms with Gasteiger partial charge < -0.3 is 5.32 Å². The minimum atomic E-state index is 0.242. The number of hydrogen-bond donors (Lipinski definition) is 1. The zero-order valence-corrected chi connectivity index (χ0v) is 9.35. The highest BCUT2D eigenvalue weighted by Gasteiger charge is 2.50. The molecule has 1 amide bonds. The van der Waals surface area contributed by atoms with Crippen molar-refractivity contribution in [3.63, 3.8) is 0 Å². The van der Waals surface area contributed by atoms with Crippen LogP contribution in [0.3, 0.4) is 0 Å². The van der Waals surface area contributed by atoms with Crippen LogP contribution in [0.25, 0.3) is 0 Å². The van der Waals surface area contributed by atoms with E-state index in [9.17, 15) is 4.79 Å². The zero-order valence-electron chi connectivity index (χ0n) is 9.35. The number of carbonyl (C=O) groups is 1. The van der Waals surface area contributed by atoms with E-state index in [0.717, 1.165) is 6.42 Å². The van der Waals surface area contributed by atoms with Crippen molar-refractivity contribution in [2.45, 2.75) is 47.1 Å². The molecule has 0 spiro atoms. The first-order valence-corrected chi connectivity index (χ1v) is 5.15. The average Bonchev–Trinajstić information content (AvgIpc) is 2.59. The van der Waals surface area contributed by atoms with E-state index in [4.69, 9.17) is 0 Å². The SMILES string of the molecule is CC(C)[C@@H](C)NC(=O)[C@@H]1CC1(C)C. The van der Waals surface area contributed by atoms with Gasteiger partial charge in [-0.15, -0.1) is 0 Å². The molecule has 1 aliphatic carbocycles. The predicted molar refractivity (Wildman–Crippen MR) is 54.3 cm³/mol. The number of carbonyl (C=O) groups excluding carboxylic acids is 1. The van der Waals surface area contributed by atoms with E-state index in [1.807, 2.05) is 0 Å². The fourth-order valence-electron chi connectivity index (χ4n) is 1.41. The van der Waals surface area contributed by atoms with Gasteiger partial charge in [0.25, 0.3) is 0 Å². The molecular weight excluding hydrogens is 162 g/mol. The van der Waals surface area contributed by atoms with Crippen LogP contribution in [0.5, 0.6) is 0 Å². The van der Waals surface area contributed by atoms with Crippen LogP contribution in [0, 0.1) is 17.3 Å². The highest BCUT2D eigenvalue weighted by Crippen LogP contribution is 2.51. The lowest BCUT2D eigenvalue weighted by Crippen LogP contribution is -2.37. The summed E-state index contributed by atoms with van der Waals surface area (Å²) in [4.78, 5) is 11.6. The van der Waals surface area contributed by atoms with Gasteiger partial charge in [-0.1, -0.05) is 27.7 Å². The van der Waals surface area contributed by atoms with Gasteiger partial charge in [0.1, 0.15) is 0 Å². The van der Waals surface area contributed by atoms with Crippen LogP contribution in [-0.4, -0.2) is 11.9 Å². The Morgan fingerprint density at radius 3 is 2.15 bits per heavy atom. The standard InChI is InChI=1S/C11H21NO/c1-7(2)8(3)12-10(13)9-6-11(9,4)5/h7-9H,6H2,1-5H3,(H,12,13)/t8-,9+/m1/s1. The van der Waals surface area contributed by atoms with E-state index in [-0.39, 0.29) is 17.2 Å². The third kappa shape index (κ3) is 2.45. The molecule has 2 heteroatoms. The Bertz CT molecular complexity index is 208. The molecule has 0 aromatic rings. The minimum Gasteiger partial charge on any atom is -0.353 e. The highest BCUT2D eigenvalue weighted by atomic mass is 16.2. The van der Waals surface area contributed by atoms with Crippen molar-refractivity contribution in [1.29, 1.82) is 0 Å². The highest BCUT2D eigenvalue weighted by molar-refractivity contribution is 5.82. The van der Waals surface area contributed by atoms with Gasteiger partial charge >= 0.3 is 0 Å². The smallest absolute Gasteiger partial charge is 0.223 e. The Hall–Kier alpha value is -0.530. The molecule has 0 unspecified atom stereocenters. The van der Waals surface area contributed by atoms with Crippen molar-refractivity contribution in [1.82, 2.24) is 5.32 Å². The molecule has 0 saturated heterocycles. The fourth-order valence-corrected chi connectivity index (χ4v) is 1.41. The normalized spacial score (nSPS) is 27.1. The van der Waals surface area contributed by atoms with Gasteiger partial charge in [-0.2, -0.15) is 0 Å². The number of amides is 1. The van der Waals surface area contributed by atoms with Crippen molar-refractivity contribution in [2.24, 2.45) is 17.3 Å². The first-order valence-electron chi connectivity index (χ1n) is 5.15. The molecule has 2 atom stereocenters. The molecule has 1 saturated carbocycles. The van der Waals surface area contributed by atoms with Crippen LogP contribution < -0.4 is 5.32 Å². The van der Waals surface area contributed by atoms with E-state index < -0.39 is 0 Å². The maximum Gasteiger partial charge on any atom is 0.223 e. The fraction of sp³-hybridized carbons (Fsp3) is 0.909. The largest absolute Gasteiger partial charge is 0.353 e. The number of rotatable bonds is 3. The topological polar surface area (TPSA) is 29.1 Å². The molecule has 13 heavy (non-hydrogen) atoms. The lowest BCUT2D eigenvalue weighted by molar-refractivity contribution is -0.123. The Kier molecular flexibility index (Phi) is 2.69. The second-order valence-electron chi connectivity index (χ2n) is 5.29. The van der Waals surface area contributed by atoms with E-state index in [2.05, 4.69) is 39.9 Å². The first kappa shape index (κ1) is 10.6. The Labute approximate surface area is 81.1 Å². The summed E-state index contributed by atoms with van der Waals surface area (Å²) in [6, 6.07) is 0.295. The number of hydrogen-bond acceptors (Lipinski definition) is 1. The van der Waals surface area contributed by atoms with Crippen molar-refractivity contribution in [3.8, 4) is 0 Å². The molecule has 0 heterocycles. The van der Waals surface area contributed by atoms with E-state index in [0.29, 0.717) is 12.0 Å². The summed E-state index contributed by atoms with van der Waals surface area (Å²) in [7, 11) is 0. The van der Waals surface area contributed by atoms with Crippen molar-refractivity contribution >= 4 is 5.91 Å². The van der Waals surface area contributed by atoms with Gasteiger partial charge in [-0.25, -0.2) is 0 Å². The Morgan fingerprint density at radius 2 is 1.85 bits per heavy atom. The van der Waals surface area contributed by atoms with Crippen molar-refractivity contribution in [2.75, 3.05) is 0 Å². The second kappa shape index (κ2) is 3.32. The summed E-state index contributed by atoms with van der Waals surface area (Å²) in [6.45, 7) is 10.6. The van der Waals surface area contributed by atoms with E-state index >= 15 is 0 Å². The van der Waals surface area contributed by atoms with Crippen LogP contribution >= 0.6 is 0 Å². The summed E-state index contributed by atoms with van der Waals surface area (Å²) in [5, 5.41) is 3.06. The molecule has 2 nitrogen and oxygen atoms in total. The van der Waals surface area contributed by atoms with Crippen LogP contribution in [0.15, 0.2) is 0 Å². The summed E-state index contributed by atoms with van der Waals surface area (Å²) in [5.74, 6) is 1.02. The lowest BCUT2D eigenvalue weighted by atomic mass is 10.1. The maximum absolute atomic E-state index is 11.6. The molecular formula is C11H21NO. The lowest BCUT2D eigenvalue weighted by Gasteiger charge is -2.17. The summed E-state index contributed by atoms with van der Waals surface area (Å²) in [5.41, 5.74) is 0.251. The molecule has 0 aromatic heterocycles. The van der Waals surface area contributed by atoms with Gasteiger partial charge in [0.2, 0.25) is 5.91 Å². The molecule has 1 rings (SSSR count). The van der Waals surface area contributed by atoms with Crippen molar-refractivity contribution in [3.05, 3.63) is 0 Å². The van der Waals surface area contributed by atoms with Gasteiger partial charge in [-0.3, -0.25) is 4.79 Å². The van der Waals surface area contributed by atoms with E-state index in [1.165, 1.54) is 0 Å². The third-order valence-corrected chi connectivity index (χ3v) is 3.20. The van der Waals surface area contributed by atoms with E-state index in [1.54, 1.807) is 0 Å². The number of nitrogens with one attached hydrogen (secondary N) is 1. The molecule has 0 aliphatic heterocycles. The van der Waals surface area contributed by atoms with Crippen LogP contribution in [0.1, 0.15) is 41.0 Å². The van der Waals surface area contributed by atoms with Crippen LogP contribution in [-0.2, 0) is 4.79 Å². The monoisotopic (exact) mass is 183 g/mol. The first-order chi connectivity index (χ1) is 5.84. The maximum atomic E-state index is 11.6. The molecule has 1 aliphatic rings. The molecule has 1 fully saturated rings. The quantitative estimate of drug-likeness (QED) is 0.714. The van der Waals surface area contributed by atoms with Crippen LogP contribution in [0.4, 0.5) is 0 Å². The Balaban J connectivity index is 2.35. The molecule has 1 N–H and O–H groups in total. The van der Waals surface area contributed by atoms with Gasteiger partial charge in [-0.05, 0) is 24.7 Å². The molecule has 76 valence electrons. The summed E-state index contributed by atoms with van der Waals surface area (Å²) < 4.78 is 0. The summed E-state index contributed by atoms with van der Waals surface area (Å²) >= 11 is 0. The van der Waals surface area contributed by atoms with Crippen LogP contribution in [0.2, 0.25) is 0 Å². The molecule has 0 aromatic carbocycles. The van der Waals surface area contributed by atoms with Gasteiger partial charge in [0.15, 0.2) is 0 Å². The molecule has 0 bridgehead atoms. The van der Waals surface area contributed by atoms with Gasteiger partial charge in [0, 0.05) is 12.0 Å². The average molecular weight is 183 g/mol. The minimum absolute atomic E-state index is 0.242. The molecule has 0 radical (unpaired) electrons. The zero-order chi connectivity index (χ0) is 10.2. The Morgan fingerprint density at radius 1 is 1.38 bits per heavy atom. The summed E-state index contributed by atoms with van der Waals surface area (Å²) in [6.07, 6.45) is 1.05. The van der Waals surface area contributed by atoms with Crippen molar-refractivity contribution < 1.29 is 4.79 Å². The second-order valence-corrected chi connectivity index (χ2v) is 5.29.